The van der Waals surface area contributed by atoms with Crippen molar-refractivity contribution in [3.05, 3.63) is 47.3 Å². The first-order valence-electron chi connectivity index (χ1n) is 8.46. The standard InChI is InChI=1S/C20H20N2O3S/c1-24-17-9-13(16-12-26-18-5-3-2-4-15(16)18)8-14-10-22(11-19(21)23)6-7-25-20(14)17/h2-5,8-9,12H,6-7,10-11H2,1H3,(H2,21,23). The van der Waals surface area contributed by atoms with E-state index in [1.807, 2.05) is 11.0 Å². The Hall–Kier alpha value is -2.57. The Bertz CT molecular complexity index is 967. The van der Waals surface area contributed by atoms with Gasteiger partial charge in [-0.15, -0.1) is 11.3 Å². The van der Waals surface area contributed by atoms with Gasteiger partial charge in [-0.05, 0) is 29.1 Å². The highest BCUT2D eigenvalue weighted by Crippen LogP contribution is 2.41. The molecule has 1 aliphatic heterocycles. The lowest BCUT2D eigenvalue weighted by atomic mass is 10.0. The molecular formula is C20H20N2O3S. The van der Waals surface area contributed by atoms with Crippen molar-refractivity contribution in [2.75, 3.05) is 26.8 Å². The van der Waals surface area contributed by atoms with Crippen molar-refractivity contribution in [2.45, 2.75) is 6.54 Å². The number of hydrogen-bond donors (Lipinski definition) is 1. The number of fused-ring (bicyclic) bond motifs is 2. The summed E-state index contributed by atoms with van der Waals surface area (Å²) in [5.41, 5.74) is 8.65. The summed E-state index contributed by atoms with van der Waals surface area (Å²) < 4.78 is 12.8. The Labute approximate surface area is 155 Å². The lowest BCUT2D eigenvalue weighted by Gasteiger charge is -2.17. The van der Waals surface area contributed by atoms with E-state index in [2.05, 4.69) is 35.7 Å². The molecule has 0 spiro atoms. The summed E-state index contributed by atoms with van der Waals surface area (Å²) in [5.74, 6) is 1.14. The zero-order chi connectivity index (χ0) is 18.1. The topological polar surface area (TPSA) is 64.8 Å². The number of thiophene rings is 1. The number of primary amides is 1. The maximum absolute atomic E-state index is 11.3. The highest BCUT2D eigenvalue weighted by atomic mass is 32.1. The van der Waals surface area contributed by atoms with Crippen LogP contribution in [0, 0.1) is 0 Å². The average Bonchev–Trinajstić information content (AvgIpc) is 2.95. The summed E-state index contributed by atoms with van der Waals surface area (Å²) in [6.45, 7) is 1.97. The van der Waals surface area contributed by atoms with Gasteiger partial charge in [0.2, 0.25) is 5.91 Å². The van der Waals surface area contributed by atoms with E-state index in [9.17, 15) is 4.79 Å². The molecule has 26 heavy (non-hydrogen) atoms. The van der Waals surface area contributed by atoms with Crippen LogP contribution in [0.2, 0.25) is 0 Å². The van der Waals surface area contributed by atoms with E-state index in [1.165, 1.54) is 15.6 Å². The summed E-state index contributed by atoms with van der Waals surface area (Å²) in [4.78, 5) is 13.3. The number of amides is 1. The number of methoxy groups -OCH3 is 1. The third-order valence-corrected chi connectivity index (χ3v) is 5.53. The number of carbonyl (C=O) groups excluding carboxylic acids is 1. The molecule has 0 atom stereocenters. The molecule has 2 heterocycles. The summed E-state index contributed by atoms with van der Waals surface area (Å²) in [5, 5.41) is 3.40. The molecule has 0 radical (unpaired) electrons. The van der Waals surface area contributed by atoms with Gasteiger partial charge >= 0.3 is 0 Å². The second-order valence-electron chi connectivity index (χ2n) is 6.34. The van der Waals surface area contributed by atoms with Gasteiger partial charge in [0.05, 0.1) is 13.7 Å². The minimum Gasteiger partial charge on any atom is -0.493 e. The minimum atomic E-state index is -0.333. The van der Waals surface area contributed by atoms with Crippen molar-refractivity contribution in [1.29, 1.82) is 0 Å². The maximum atomic E-state index is 11.3. The lowest BCUT2D eigenvalue weighted by molar-refractivity contribution is -0.119. The fourth-order valence-corrected chi connectivity index (χ4v) is 4.37. The molecule has 4 rings (SSSR count). The van der Waals surface area contributed by atoms with Crippen molar-refractivity contribution in [3.63, 3.8) is 0 Å². The number of carbonyl (C=O) groups is 1. The van der Waals surface area contributed by atoms with Crippen LogP contribution in [0.3, 0.4) is 0 Å². The SMILES string of the molecule is COc1cc(-c2csc3ccccc23)cc2c1OCCN(CC(N)=O)C2. The summed E-state index contributed by atoms with van der Waals surface area (Å²) in [6.07, 6.45) is 0. The van der Waals surface area contributed by atoms with Crippen LogP contribution in [0.5, 0.6) is 11.5 Å². The van der Waals surface area contributed by atoms with Gasteiger partial charge in [0.1, 0.15) is 6.61 Å². The zero-order valence-electron chi connectivity index (χ0n) is 14.5. The molecule has 1 aromatic heterocycles. The Morgan fingerprint density at radius 3 is 3.00 bits per heavy atom. The van der Waals surface area contributed by atoms with Gasteiger partial charge in [0.25, 0.3) is 0 Å². The Morgan fingerprint density at radius 1 is 1.35 bits per heavy atom. The molecule has 3 aromatic rings. The summed E-state index contributed by atoms with van der Waals surface area (Å²) in [7, 11) is 1.65. The van der Waals surface area contributed by atoms with Gasteiger partial charge in [-0.25, -0.2) is 0 Å². The largest absolute Gasteiger partial charge is 0.493 e. The fourth-order valence-electron chi connectivity index (χ4n) is 3.40. The minimum absolute atomic E-state index is 0.219. The zero-order valence-corrected chi connectivity index (χ0v) is 15.3. The molecule has 1 aliphatic rings. The van der Waals surface area contributed by atoms with Crippen LogP contribution < -0.4 is 15.2 Å². The number of nitrogens with zero attached hydrogens (tertiary/aromatic N) is 1. The van der Waals surface area contributed by atoms with Crippen LogP contribution in [-0.4, -0.2) is 37.6 Å². The van der Waals surface area contributed by atoms with E-state index >= 15 is 0 Å². The first-order valence-corrected chi connectivity index (χ1v) is 9.34. The van der Waals surface area contributed by atoms with Gasteiger partial charge in [-0.2, -0.15) is 0 Å². The molecule has 0 unspecified atom stereocenters. The second kappa shape index (κ2) is 6.97. The molecule has 0 saturated heterocycles. The smallest absolute Gasteiger partial charge is 0.231 e. The lowest BCUT2D eigenvalue weighted by Crippen LogP contribution is -2.34. The number of nitrogens with two attached hydrogens (primary N) is 1. The molecule has 6 heteroatoms. The molecule has 1 amide bonds. The summed E-state index contributed by atoms with van der Waals surface area (Å²) in [6, 6.07) is 12.5. The van der Waals surface area contributed by atoms with Crippen LogP contribution in [0.15, 0.2) is 41.8 Å². The number of benzene rings is 2. The van der Waals surface area contributed by atoms with Crippen LogP contribution >= 0.6 is 11.3 Å². The predicted molar refractivity (Wildman–Crippen MR) is 104 cm³/mol. The molecule has 0 aliphatic carbocycles. The van der Waals surface area contributed by atoms with Crippen LogP contribution in [0.25, 0.3) is 21.2 Å². The monoisotopic (exact) mass is 368 g/mol. The van der Waals surface area contributed by atoms with Gasteiger partial charge in [0, 0.05) is 34.3 Å². The molecule has 134 valence electrons. The van der Waals surface area contributed by atoms with E-state index < -0.39 is 0 Å². The van der Waals surface area contributed by atoms with E-state index in [1.54, 1.807) is 18.4 Å². The van der Waals surface area contributed by atoms with Crippen molar-refractivity contribution in [1.82, 2.24) is 4.90 Å². The Morgan fingerprint density at radius 2 is 2.19 bits per heavy atom. The third kappa shape index (κ3) is 3.13. The second-order valence-corrected chi connectivity index (χ2v) is 7.25. The van der Waals surface area contributed by atoms with Crippen LogP contribution in [-0.2, 0) is 11.3 Å². The van der Waals surface area contributed by atoms with E-state index in [-0.39, 0.29) is 12.5 Å². The highest BCUT2D eigenvalue weighted by molar-refractivity contribution is 7.17. The van der Waals surface area contributed by atoms with Gasteiger partial charge in [-0.3, -0.25) is 9.69 Å². The summed E-state index contributed by atoms with van der Waals surface area (Å²) >= 11 is 1.73. The molecule has 5 nitrogen and oxygen atoms in total. The van der Waals surface area contributed by atoms with Crippen molar-refractivity contribution in [2.24, 2.45) is 5.73 Å². The van der Waals surface area contributed by atoms with Crippen molar-refractivity contribution in [3.8, 4) is 22.6 Å². The molecule has 2 aromatic carbocycles. The van der Waals surface area contributed by atoms with E-state index in [0.717, 1.165) is 16.9 Å². The fraction of sp³-hybridized carbons (Fsp3) is 0.250. The first kappa shape index (κ1) is 16.9. The van der Waals surface area contributed by atoms with E-state index in [4.69, 9.17) is 15.2 Å². The number of rotatable bonds is 4. The maximum Gasteiger partial charge on any atom is 0.231 e. The first-order chi connectivity index (χ1) is 12.7. The van der Waals surface area contributed by atoms with Crippen LogP contribution in [0.4, 0.5) is 0 Å². The molecular weight excluding hydrogens is 348 g/mol. The Kier molecular flexibility index (Phi) is 4.53. The van der Waals surface area contributed by atoms with Gasteiger partial charge < -0.3 is 15.2 Å². The van der Waals surface area contributed by atoms with Crippen LogP contribution in [0.1, 0.15) is 5.56 Å². The number of ether oxygens (including phenoxy) is 2. The van der Waals surface area contributed by atoms with Crippen molar-refractivity contribution < 1.29 is 14.3 Å². The molecule has 0 saturated carbocycles. The normalized spacial score (nSPS) is 14.5. The molecule has 0 fully saturated rings. The predicted octanol–water partition coefficient (Wildman–Crippen LogP) is 3.26. The molecule has 2 N–H and O–H groups in total. The van der Waals surface area contributed by atoms with Gasteiger partial charge in [0.15, 0.2) is 11.5 Å². The highest BCUT2D eigenvalue weighted by Gasteiger charge is 2.22. The van der Waals surface area contributed by atoms with E-state index in [0.29, 0.717) is 25.4 Å². The molecule has 0 bridgehead atoms. The van der Waals surface area contributed by atoms with Crippen molar-refractivity contribution >= 4 is 27.3 Å². The Balaban J connectivity index is 1.80. The third-order valence-electron chi connectivity index (χ3n) is 4.57. The quantitative estimate of drug-likeness (QED) is 0.768. The number of hydrogen-bond acceptors (Lipinski definition) is 5. The van der Waals surface area contributed by atoms with Gasteiger partial charge in [-0.1, -0.05) is 18.2 Å². The average molecular weight is 368 g/mol.